The fourth-order valence-electron chi connectivity index (χ4n) is 6.65. The third kappa shape index (κ3) is 39.3. The van der Waals surface area contributed by atoms with Crippen LogP contribution in [0.1, 0.15) is 161 Å². The van der Waals surface area contributed by atoms with Gasteiger partial charge >= 0.3 is 11.9 Å². The molecule has 0 spiro atoms. The van der Waals surface area contributed by atoms with Gasteiger partial charge in [0, 0.05) is 51.3 Å². The Kier molecular flexibility index (Phi) is 40.4. The number of unbranched alkanes of at least 4 members (excludes halogenated alkanes) is 14. The molecule has 17 nitrogen and oxygen atoms in total. The lowest BCUT2D eigenvalue weighted by molar-refractivity contribution is -0.142. The van der Waals surface area contributed by atoms with Crippen LogP contribution in [0.5, 0.6) is 0 Å². The van der Waals surface area contributed by atoms with Gasteiger partial charge in [-0.05, 0) is 44.9 Å². The van der Waals surface area contributed by atoms with E-state index in [-0.39, 0.29) is 127 Å². The van der Waals surface area contributed by atoms with E-state index in [9.17, 15) is 38.7 Å². The number of ketones is 2. The summed E-state index contributed by atoms with van der Waals surface area (Å²) >= 11 is 0. The summed E-state index contributed by atoms with van der Waals surface area (Å²) in [7, 11) is 0. The second-order valence-electron chi connectivity index (χ2n) is 15.8. The van der Waals surface area contributed by atoms with Crippen molar-refractivity contribution < 1.29 is 62.7 Å². The number of carboxylic acids is 2. The number of rotatable bonds is 47. The van der Waals surface area contributed by atoms with E-state index in [0.29, 0.717) is 26.0 Å². The van der Waals surface area contributed by atoms with Crippen molar-refractivity contribution in [2.24, 2.45) is 11.7 Å². The first-order valence-corrected chi connectivity index (χ1v) is 23.3. The van der Waals surface area contributed by atoms with Crippen LogP contribution < -0.4 is 21.7 Å². The number of aliphatic carboxylic acids is 2. The van der Waals surface area contributed by atoms with Crippen molar-refractivity contribution in [2.75, 3.05) is 72.5 Å². The van der Waals surface area contributed by atoms with Crippen LogP contribution in [0.3, 0.4) is 0 Å². The number of ether oxygens (including phenoxy) is 4. The molecule has 0 unspecified atom stereocenters. The van der Waals surface area contributed by atoms with E-state index in [4.69, 9.17) is 29.8 Å². The monoisotopic (exact) mass is 887 g/mol. The highest BCUT2D eigenvalue weighted by molar-refractivity contribution is 5.85. The zero-order valence-electron chi connectivity index (χ0n) is 37.9. The summed E-state index contributed by atoms with van der Waals surface area (Å²) in [5, 5.41) is 26.2. The molecular weight excluding hydrogens is 805 g/mol. The molecule has 360 valence electrons. The molecule has 0 bridgehead atoms. The summed E-state index contributed by atoms with van der Waals surface area (Å²) in [4.78, 5) is 82.3. The quantitative estimate of drug-likeness (QED) is 0.0438. The number of amides is 3. The van der Waals surface area contributed by atoms with Crippen molar-refractivity contribution in [3.63, 3.8) is 0 Å². The molecule has 0 saturated carbocycles. The SMILES string of the molecule is CC[C@@H](CCCCNC(=O)COCCOCCNC(=O)COCCOCCCC(=O)CC[C@H](NC(=O)CCCCCCCCCCCCCCCCC(=O)O)C(=O)O)C(=O)CN. The Balaban J connectivity index is 3.66. The Morgan fingerprint density at radius 3 is 1.52 bits per heavy atom. The van der Waals surface area contributed by atoms with Crippen molar-refractivity contribution in [1.82, 2.24) is 16.0 Å². The lowest BCUT2D eigenvalue weighted by Crippen LogP contribution is -2.41. The minimum atomic E-state index is -1.16. The maximum Gasteiger partial charge on any atom is 0.326 e. The Morgan fingerprint density at radius 1 is 0.500 bits per heavy atom. The molecule has 0 aromatic carbocycles. The van der Waals surface area contributed by atoms with Crippen LogP contribution in [0, 0.1) is 5.92 Å². The average molecular weight is 887 g/mol. The number of hydrogen-bond acceptors (Lipinski definition) is 12. The molecular formula is C45H82N4O13. The lowest BCUT2D eigenvalue weighted by atomic mass is 9.95. The molecule has 3 amide bonds. The summed E-state index contributed by atoms with van der Waals surface area (Å²) in [5.74, 6) is -2.74. The molecule has 7 N–H and O–H groups in total. The maximum absolute atomic E-state index is 12.3. The predicted octanol–water partition coefficient (Wildman–Crippen LogP) is 5.03. The van der Waals surface area contributed by atoms with Crippen LogP contribution in [0.15, 0.2) is 0 Å². The number of nitrogens with two attached hydrogens (primary N) is 1. The van der Waals surface area contributed by atoms with E-state index in [1.165, 1.54) is 44.9 Å². The van der Waals surface area contributed by atoms with Crippen molar-refractivity contribution >= 4 is 41.2 Å². The third-order valence-corrected chi connectivity index (χ3v) is 10.4. The van der Waals surface area contributed by atoms with Crippen molar-refractivity contribution in [2.45, 2.75) is 167 Å². The summed E-state index contributed by atoms with van der Waals surface area (Å²) in [6.45, 7) is 4.14. The summed E-state index contributed by atoms with van der Waals surface area (Å²) in [6, 6.07) is -1.10. The number of carbonyl (C=O) groups excluding carboxylic acids is 5. The smallest absolute Gasteiger partial charge is 0.326 e. The highest BCUT2D eigenvalue weighted by atomic mass is 16.5. The van der Waals surface area contributed by atoms with E-state index >= 15 is 0 Å². The van der Waals surface area contributed by atoms with Crippen LogP contribution in [0.2, 0.25) is 0 Å². The standard InChI is InChI=1S/C45H82N4O13/c1-2-37(40(51)34-46)20-17-18-26-47-42(53)35-62-33-31-60-29-27-48-43(54)36-61-32-30-59-28-19-21-38(50)24-25-39(45(57)58)49-41(52)22-15-13-11-9-7-5-3-4-6-8-10-12-14-16-23-44(55)56/h37,39H,2-36,46H2,1H3,(H,47,53)(H,48,54)(H,49,52)(H,55,56)(H,57,58)/t37-,39-/m0/s1. The van der Waals surface area contributed by atoms with Crippen LogP contribution in [0.25, 0.3) is 0 Å². The van der Waals surface area contributed by atoms with Crippen LogP contribution in [-0.2, 0) is 52.5 Å². The summed E-state index contributed by atoms with van der Waals surface area (Å²) in [6.07, 6.45) is 19.6. The van der Waals surface area contributed by atoms with Gasteiger partial charge in [-0.2, -0.15) is 0 Å². The molecule has 0 rings (SSSR count). The van der Waals surface area contributed by atoms with E-state index < -0.39 is 18.0 Å². The van der Waals surface area contributed by atoms with Gasteiger partial charge in [0.2, 0.25) is 17.7 Å². The first-order chi connectivity index (χ1) is 30.0. The highest BCUT2D eigenvalue weighted by Gasteiger charge is 2.21. The molecule has 0 saturated heterocycles. The Labute approximate surface area is 370 Å². The second-order valence-corrected chi connectivity index (χ2v) is 15.8. The molecule has 0 fully saturated rings. The largest absolute Gasteiger partial charge is 0.481 e. The van der Waals surface area contributed by atoms with Gasteiger partial charge < -0.3 is 50.8 Å². The van der Waals surface area contributed by atoms with Gasteiger partial charge in [0.05, 0.1) is 39.6 Å². The van der Waals surface area contributed by atoms with Crippen molar-refractivity contribution in [3.8, 4) is 0 Å². The minimum Gasteiger partial charge on any atom is -0.481 e. The van der Waals surface area contributed by atoms with Gasteiger partial charge in [0.1, 0.15) is 30.8 Å². The van der Waals surface area contributed by atoms with Crippen molar-refractivity contribution in [1.29, 1.82) is 0 Å². The average Bonchev–Trinajstić information content (AvgIpc) is 3.24. The van der Waals surface area contributed by atoms with E-state index in [1.807, 2.05) is 6.92 Å². The van der Waals surface area contributed by atoms with Crippen LogP contribution in [0.4, 0.5) is 0 Å². The molecule has 0 heterocycles. The van der Waals surface area contributed by atoms with Gasteiger partial charge in [-0.1, -0.05) is 90.4 Å². The Hall–Kier alpha value is -3.51. The first kappa shape index (κ1) is 58.5. The zero-order valence-corrected chi connectivity index (χ0v) is 37.9. The second kappa shape index (κ2) is 42.8. The fourth-order valence-corrected chi connectivity index (χ4v) is 6.65. The number of carboxylic acid groups (broad SMARTS) is 2. The summed E-state index contributed by atoms with van der Waals surface area (Å²) < 4.78 is 21.5. The van der Waals surface area contributed by atoms with E-state index in [2.05, 4.69) is 16.0 Å². The molecule has 0 aliphatic carbocycles. The third-order valence-electron chi connectivity index (χ3n) is 10.4. The molecule has 0 radical (unpaired) electrons. The normalized spacial score (nSPS) is 12.1. The lowest BCUT2D eigenvalue weighted by Gasteiger charge is -2.14. The molecule has 2 atom stereocenters. The highest BCUT2D eigenvalue weighted by Crippen LogP contribution is 2.15. The Bertz CT molecular complexity index is 1210. The number of nitrogens with one attached hydrogen (secondary N) is 3. The molecule has 17 heteroatoms. The first-order valence-electron chi connectivity index (χ1n) is 23.3. The van der Waals surface area contributed by atoms with Gasteiger partial charge in [0.15, 0.2) is 0 Å². The molecule has 0 aromatic heterocycles. The van der Waals surface area contributed by atoms with E-state index in [0.717, 1.165) is 64.2 Å². The minimum absolute atomic E-state index is 0.0104. The zero-order chi connectivity index (χ0) is 45.9. The fraction of sp³-hybridized carbons (Fsp3) is 0.844. The molecule has 0 aromatic rings. The van der Waals surface area contributed by atoms with Gasteiger partial charge in [-0.3, -0.25) is 28.8 Å². The maximum atomic E-state index is 12.3. The molecule has 0 aliphatic heterocycles. The van der Waals surface area contributed by atoms with Gasteiger partial charge in [-0.25, -0.2) is 4.79 Å². The number of carbonyl (C=O) groups is 7. The van der Waals surface area contributed by atoms with Crippen LogP contribution >= 0.6 is 0 Å². The van der Waals surface area contributed by atoms with E-state index in [1.54, 1.807) is 0 Å². The van der Waals surface area contributed by atoms with Crippen molar-refractivity contribution in [3.05, 3.63) is 0 Å². The topological polar surface area (TPSA) is 259 Å². The number of Topliss-reactive ketones (excluding diaryl/α,β-unsaturated/α-hetero) is 2. The number of hydrogen-bond donors (Lipinski definition) is 6. The van der Waals surface area contributed by atoms with Crippen LogP contribution in [-0.4, -0.2) is 130 Å². The molecule has 62 heavy (non-hydrogen) atoms. The predicted molar refractivity (Wildman–Crippen MR) is 236 cm³/mol. The Morgan fingerprint density at radius 2 is 1.00 bits per heavy atom. The van der Waals surface area contributed by atoms with Gasteiger partial charge in [0.25, 0.3) is 0 Å². The molecule has 0 aliphatic rings. The van der Waals surface area contributed by atoms with Gasteiger partial charge in [-0.15, -0.1) is 0 Å². The summed E-state index contributed by atoms with van der Waals surface area (Å²) in [5.41, 5.74) is 5.43.